The van der Waals surface area contributed by atoms with Gasteiger partial charge in [0, 0.05) is 31.5 Å². The van der Waals surface area contributed by atoms with Crippen LogP contribution < -0.4 is 4.90 Å². The van der Waals surface area contributed by atoms with Gasteiger partial charge in [-0.25, -0.2) is 9.37 Å². The van der Waals surface area contributed by atoms with Gasteiger partial charge in [-0.15, -0.1) is 0 Å². The summed E-state index contributed by atoms with van der Waals surface area (Å²) in [6, 6.07) is 4.43. The van der Waals surface area contributed by atoms with E-state index in [0.29, 0.717) is 31.6 Å². The van der Waals surface area contributed by atoms with E-state index in [1.165, 1.54) is 0 Å². The van der Waals surface area contributed by atoms with Gasteiger partial charge in [0.1, 0.15) is 0 Å². The average molecular weight is 355 g/mol. The molecular weight excluding hydrogens is 338 g/mol. The first kappa shape index (κ1) is 17.6. The molecule has 0 spiro atoms. The molecular formula is C17H17F4N3O. The number of aromatic nitrogens is 2. The van der Waals surface area contributed by atoms with Crippen molar-refractivity contribution in [1.29, 1.82) is 0 Å². The molecule has 1 aliphatic heterocycles. The van der Waals surface area contributed by atoms with Crippen molar-refractivity contribution in [3.05, 3.63) is 53.9 Å². The van der Waals surface area contributed by atoms with Crippen molar-refractivity contribution in [3.63, 3.8) is 0 Å². The van der Waals surface area contributed by atoms with E-state index >= 15 is 0 Å². The van der Waals surface area contributed by atoms with Crippen LogP contribution in [0, 0.1) is 11.7 Å². The predicted octanol–water partition coefficient (Wildman–Crippen LogP) is 3.58. The van der Waals surface area contributed by atoms with Crippen LogP contribution in [0.3, 0.4) is 0 Å². The highest BCUT2D eigenvalue weighted by molar-refractivity contribution is 5.46. The Morgan fingerprint density at radius 2 is 1.92 bits per heavy atom. The average Bonchev–Trinajstić information content (AvgIpc) is 2.61. The molecule has 1 fully saturated rings. The molecule has 4 nitrogen and oxygen atoms in total. The van der Waals surface area contributed by atoms with Gasteiger partial charge in [0.25, 0.3) is 0 Å². The van der Waals surface area contributed by atoms with Crippen molar-refractivity contribution < 1.29 is 22.7 Å². The van der Waals surface area contributed by atoms with Gasteiger partial charge < -0.3 is 10.0 Å². The lowest BCUT2D eigenvalue weighted by Gasteiger charge is -2.35. The Labute approximate surface area is 142 Å². The molecule has 1 atom stereocenters. The van der Waals surface area contributed by atoms with Crippen molar-refractivity contribution in [3.8, 4) is 0 Å². The lowest BCUT2D eigenvalue weighted by atomic mass is 9.88. The largest absolute Gasteiger partial charge is 0.436 e. The minimum absolute atomic E-state index is 0.0210. The van der Waals surface area contributed by atoms with Gasteiger partial charge in [-0.05, 0) is 30.4 Å². The Hall–Kier alpha value is -2.22. The third-order valence-electron chi connectivity index (χ3n) is 4.47. The quantitative estimate of drug-likeness (QED) is 0.855. The van der Waals surface area contributed by atoms with Crippen molar-refractivity contribution in [2.24, 2.45) is 5.92 Å². The van der Waals surface area contributed by atoms with Crippen LogP contribution in [0.2, 0.25) is 0 Å². The first-order valence-electron chi connectivity index (χ1n) is 7.92. The molecule has 0 aliphatic carbocycles. The summed E-state index contributed by atoms with van der Waals surface area (Å²) in [5.41, 5.74) is -0.443. The van der Waals surface area contributed by atoms with Gasteiger partial charge in [-0.2, -0.15) is 13.2 Å². The number of piperidine rings is 1. The highest BCUT2D eigenvalue weighted by Crippen LogP contribution is 2.34. The monoisotopic (exact) mass is 355 g/mol. The highest BCUT2D eigenvalue weighted by Gasteiger charge is 2.36. The lowest BCUT2D eigenvalue weighted by molar-refractivity contribution is -0.143. The van der Waals surface area contributed by atoms with Crippen LogP contribution in [0.25, 0.3) is 0 Å². The summed E-state index contributed by atoms with van der Waals surface area (Å²) in [6.45, 7) is 1.02. The first-order chi connectivity index (χ1) is 11.9. The summed E-state index contributed by atoms with van der Waals surface area (Å²) in [4.78, 5) is 9.00. The van der Waals surface area contributed by atoms with Crippen LogP contribution in [-0.4, -0.2) is 28.2 Å². The lowest BCUT2D eigenvalue weighted by Crippen LogP contribution is -2.36. The van der Waals surface area contributed by atoms with Gasteiger partial charge in [0.2, 0.25) is 0 Å². The van der Waals surface area contributed by atoms with Gasteiger partial charge in [-0.1, -0.05) is 6.07 Å². The summed E-state index contributed by atoms with van der Waals surface area (Å²) >= 11 is 0. The van der Waals surface area contributed by atoms with Crippen LogP contribution >= 0.6 is 0 Å². The first-order valence-corrected chi connectivity index (χ1v) is 7.92. The smallest absolute Gasteiger partial charge is 0.388 e. The van der Waals surface area contributed by atoms with Gasteiger partial charge in [0.05, 0.1) is 18.0 Å². The van der Waals surface area contributed by atoms with Gasteiger partial charge >= 0.3 is 6.18 Å². The molecule has 1 saturated heterocycles. The number of aliphatic hydroxyl groups excluding tert-OH is 1. The third kappa shape index (κ3) is 3.89. The van der Waals surface area contributed by atoms with Crippen LogP contribution in [0.1, 0.15) is 30.2 Å². The highest BCUT2D eigenvalue weighted by atomic mass is 19.4. The zero-order valence-corrected chi connectivity index (χ0v) is 13.2. The molecule has 2 aromatic rings. The molecule has 3 heterocycles. The van der Waals surface area contributed by atoms with Crippen molar-refractivity contribution in [2.45, 2.75) is 25.1 Å². The van der Waals surface area contributed by atoms with E-state index in [-0.39, 0.29) is 5.92 Å². The van der Waals surface area contributed by atoms with E-state index in [0.717, 1.165) is 17.8 Å². The number of rotatable bonds is 3. The second-order valence-electron chi connectivity index (χ2n) is 6.08. The van der Waals surface area contributed by atoms with E-state index in [9.17, 15) is 22.7 Å². The second kappa shape index (κ2) is 6.95. The number of nitrogens with zero attached hydrogens (tertiary/aromatic N) is 3. The minimum atomic E-state index is -4.80. The van der Waals surface area contributed by atoms with Crippen molar-refractivity contribution >= 4 is 5.69 Å². The maximum Gasteiger partial charge on any atom is 0.436 e. The molecule has 134 valence electrons. The third-order valence-corrected chi connectivity index (χ3v) is 4.47. The topological polar surface area (TPSA) is 49.3 Å². The normalized spacial score (nSPS) is 17.6. The zero-order chi connectivity index (χ0) is 18.0. The summed E-state index contributed by atoms with van der Waals surface area (Å²) in [5.74, 6) is -1.35. The number of anilines is 1. The number of hydrogen-bond acceptors (Lipinski definition) is 4. The molecule has 0 saturated carbocycles. The summed E-state index contributed by atoms with van der Waals surface area (Å²) in [7, 11) is 0. The van der Waals surface area contributed by atoms with Crippen LogP contribution in [-0.2, 0) is 6.18 Å². The summed E-state index contributed by atoms with van der Waals surface area (Å²) < 4.78 is 51.4. The Bertz CT molecular complexity index is 716. The van der Waals surface area contributed by atoms with E-state index in [1.54, 1.807) is 29.4 Å². The fraction of sp³-hybridized carbons (Fsp3) is 0.412. The molecule has 0 bridgehead atoms. The standard InChI is InChI=1S/C17H17F4N3O/c18-14-8-13(10-23-16(14)17(19,20)21)24-6-3-11(4-7-24)15(25)12-2-1-5-22-9-12/h1-2,5,8-11,15,25H,3-4,6-7H2. The van der Waals surface area contributed by atoms with Gasteiger partial charge in [-0.3, -0.25) is 4.98 Å². The molecule has 1 unspecified atom stereocenters. The minimum Gasteiger partial charge on any atom is -0.388 e. The van der Waals surface area contributed by atoms with E-state index < -0.39 is 23.8 Å². The maximum absolute atomic E-state index is 13.7. The molecule has 0 radical (unpaired) electrons. The van der Waals surface area contributed by atoms with E-state index in [4.69, 9.17) is 0 Å². The van der Waals surface area contributed by atoms with E-state index in [1.807, 2.05) is 0 Å². The number of pyridine rings is 2. The molecule has 1 aliphatic rings. The van der Waals surface area contributed by atoms with Crippen LogP contribution in [0.5, 0.6) is 0 Å². The Balaban J connectivity index is 1.65. The molecule has 0 aromatic carbocycles. The summed E-state index contributed by atoms with van der Waals surface area (Å²) in [6.07, 6.45) is 0.125. The molecule has 1 N–H and O–H groups in total. The second-order valence-corrected chi connectivity index (χ2v) is 6.08. The Morgan fingerprint density at radius 1 is 1.20 bits per heavy atom. The Morgan fingerprint density at radius 3 is 2.48 bits per heavy atom. The number of alkyl halides is 3. The van der Waals surface area contributed by atoms with Crippen LogP contribution in [0.15, 0.2) is 36.8 Å². The maximum atomic E-state index is 13.7. The number of halogens is 4. The van der Waals surface area contributed by atoms with Crippen LogP contribution in [0.4, 0.5) is 23.2 Å². The number of hydrogen-bond donors (Lipinski definition) is 1. The molecule has 0 amide bonds. The molecule has 8 heteroatoms. The predicted molar refractivity (Wildman–Crippen MR) is 83.3 cm³/mol. The zero-order valence-electron chi connectivity index (χ0n) is 13.2. The van der Waals surface area contributed by atoms with E-state index in [2.05, 4.69) is 9.97 Å². The molecule has 25 heavy (non-hydrogen) atoms. The molecule has 3 rings (SSSR count). The van der Waals surface area contributed by atoms with Crippen molar-refractivity contribution in [2.75, 3.05) is 18.0 Å². The Kier molecular flexibility index (Phi) is 4.89. The number of aliphatic hydroxyl groups is 1. The van der Waals surface area contributed by atoms with Gasteiger partial charge in [0.15, 0.2) is 11.5 Å². The molecule has 2 aromatic heterocycles. The van der Waals surface area contributed by atoms with Crippen molar-refractivity contribution in [1.82, 2.24) is 9.97 Å². The summed E-state index contributed by atoms with van der Waals surface area (Å²) in [5, 5.41) is 10.4. The fourth-order valence-electron chi connectivity index (χ4n) is 3.11. The fourth-order valence-corrected chi connectivity index (χ4v) is 3.11. The SMILES string of the molecule is OC(c1cccnc1)C1CCN(c2cnc(C(F)(F)F)c(F)c2)CC1.